The molecule has 218 valence electrons. The Kier molecular flexibility index (Phi) is 7.84. The molecule has 2 fully saturated rings. The van der Waals surface area contributed by atoms with Crippen molar-refractivity contribution in [1.82, 2.24) is 4.90 Å². The SMILES string of the molecule is CN1CC[C@H](c2c(O)cc(O)c3c(=O)cc(-c4ccccc4Cl)oc23)[C@H](OC(=O)C2CCN(c3ccccc3)CC2)C1. The molecule has 0 unspecified atom stereocenters. The Balaban J connectivity index is 1.31. The topological polar surface area (TPSA) is 103 Å². The number of aromatic hydroxyl groups is 2. The lowest BCUT2D eigenvalue weighted by molar-refractivity contribution is -0.158. The number of likely N-dealkylation sites (N-methyl/N-ethyl adjacent to an activating group) is 1. The number of anilines is 1. The van der Waals surface area contributed by atoms with Crippen molar-refractivity contribution < 1.29 is 24.2 Å². The summed E-state index contributed by atoms with van der Waals surface area (Å²) >= 11 is 6.40. The number of hydrogen-bond donors (Lipinski definition) is 2. The van der Waals surface area contributed by atoms with Gasteiger partial charge in [0.25, 0.3) is 0 Å². The summed E-state index contributed by atoms with van der Waals surface area (Å²) in [6, 6.07) is 19.6. The number of esters is 1. The summed E-state index contributed by atoms with van der Waals surface area (Å²) in [7, 11) is 1.96. The third-order valence-electron chi connectivity index (χ3n) is 8.49. The highest BCUT2D eigenvalue weighted by atomic mass is 35.5. The summed E-state index contributed by atoms with van der Waals surface area (Å²) in [5, 5.41) is 22.2. The first-order valence-electron chi connectivity index (χ1n) is 14.3. The summed E-state index contributed by atoms with van der Waals surface area (Å²) < 4.78 is 12.4. The summed E-state index contributed by atoms with van der Waals surface area (Å²) in [5.74, 6) is -1.32. The molecule has 2 N–H and O–H groups in total. The first kappa shape index (κ1) is 28.1. The zero-order valence-corrected chi connectivity index (χ0v) is 24.1. The molecule has 0 aliphatic carbocycles. The summed E-state index contributed by atoms with van der Waals surface area (Å²) in [5.41, 5.74) is 1.61. The number of phenolic OH excluding ortho intramolecular Hbond substituents is 2. The average molecular weight is 589 g/mol. The van der Waals surface area contributed by atoms with E-state index in [0.29, 0.717) is 48.5 Å². The van der Waals surface area contributed by atoms with Crippen molar-refractivity contribution in [3.63, 3.8) is 0 Å². The van der Waals surface area contributed by atoms with Gasteiger partial charge in [-0.05, 0) is 57.1 Å². The van der Waals surface area contributed by atoms with E-state index in [4.69, 9.17) is 20.8 Å². The molecule has 3 aromatic carbocycles. The quantitative estimate of drug-likeness (QED) is 0.283. The van der Waals surface area contributed by atoms with Gasteiger partial charge in [-0.15, -0.1) is 0 Å². The zero-order valence-electron chi connectivity index (χ0n) is 23.3. The predicted molar refractivity (Wildman–Crippen MR) is 162 cm³/mol. The van der Waals surface area contributed by atoms with Gasteiger partial charge in [0, 0.05) is 54.5 Å². The Hall–Kier alpha value is -4.01. The van der Waals surface area contributed by atoms with Crippen molar-refractivity contribution in [1.29, 1.82) is 0 Å². The van der Waals surface area contributed by atoms with Gasteiger partial charge in [-0.3, -0.25) is 9.59 Å². The average Bonchev–Trinajstić information content (AvgIpc) is 2.98. The van der Waals surface area contributed by atoms with E-state index >= 15 is 0 Å². The molecule has 3 heterocycles. The number of rotatable bonds is 5. The van der Waals surface area contributed by atoms with Gasteiger partial charge in [-0.25, -0.2) is 0 Å². The van der Waals surface area contributed by atoms with Crippen LogP contribution in [0.3, 0.4) is 0 Å². The fourth-order valence-corrected chi connectivity index (χ4v) is 6.48. The highest BCUT2D eigenvalue weighted by molar-refractivity contribution is 6.33. The molecule has 9 heteroatoms. The first-order chi connectivity index (χ1) is 20.3. The minimum Gasteiger partial charge on any atom is -0.507 e. The van der Waals surface area contributed by atoms with E-state index in [9.17, 15) is 19.8 Å². The maximum absolute atomic E-state index is 13.5. The van der Waals surface area contributed by atoms with E-state index in [2.05, 4.69) is 21.9 Å². The van der Waals surface area contributed by atoms with Crippen molar-refractivity contribution >= 4 is 34.2 Å². The van der Waals surface area contributed by atoms with E-state index in [1.54, 1.807) is 24.3 Å². The van der Waals surface area contributed by atoms with Gasteiger partial charge in [-0.2, -0.15) is 0 Å². The molecule has 8 nitrogen and oxygen atoms in total. The maximum Gasteiger partial charge on any atom is 0.309 e. The molecule has 42 heavy (non-hydrogen) atoms. The molecule has 2 saturated heterocycles. The van der Waals surface area contributed by atoms with Crippen LogP contribution in [0.25, 0.3) is 22.3 Å². The fourth-order valence-electron chi connectivity index (χ4n) is 6.25. The molecule has 2 aliphatic heterocycles. The normalized spacial score (nSPS) is 20.1. The Morgan fingerprint density at radius 1 is 0.952 bits per heavy atom. The Labute approximate surface area is 248 Å². The molecule has 0 bridgehead atoms. The smallest absolute Gasteiger partial charge is 0.309 e. The standard InChI is InChI=1S/C33H33ClN2O6/c1-35-14-13-23(29(19-35)42-33(40)20-11-15-36(16-12-20)21-7-3-2-4-8-21)30-25(37)17-26(38)31-27(39)18-28(41-32(30)31)22-9-5-6-10-24(22)34/h2-10,17-18,20,23,29,37-38H,11-16,19H2,1H3/t23-,29+/m0/s1. The Morgan fingerprint density at radius 3 is 2.40 bits per heavy atom. The summed E-state index contributed by atoms with van der Waals surface area (Å²) in [6.07, 6.45) is 1.33. The van der Waals surface area contributed by atoms with E-state index in [-0.39, 0.29) is 40.1 Å². The van der Waals surface area contributed by atoms with E-state index in [1.807, 2.05) is 25.2 Å². The number of piperidine rings is 2. The van der Waals surface area contributed by atoms with E-state index < -0.39 is 17.5 Å². The monoisotopic (exact) mass is 588 g/mol. The van der Waals surface area contributed by atoms with Gasteiger partial charge in [0.1, 0.15) is 34.3 Å². The van der Waals surface area contributed by atoms with Crippen molar-refractivity contribution in [2.75, 3.05) is 38.1 Å². The van der Waals surface area contributed by atoms with Crippen molar-refractivity contribution in [2.45, 2.75) is 31.3 Å². The molecule has 1 aromatic heterocycles. The van der Waals surface area contributed by atoms with Gasteiger partial charge in [0.15, 0.2) is 5.43 Å². The maximum atomic E-state index is 13.5. The fraction of sp³-hybridized carbons (Fsp3) is 0.333. The molecule has 2 atom stereocenters. The molecule has 0 radical (unpaired) electrons. The van der Waals surface area contributed by atoms with Crippen LogP contribution in [0.2, 0.25) is 5.02 Å². The Morgan fingerprint density at radius 2 is 1.67 bits per heavy atom. The van der Waals surface area contributed by atoms with Crippen molar-refractivity contribution in [3.05, 3.63) is 87.5 Å². The van der Waals surface area contributed by atoms with Crippen LogP contribution in [0.15, 0.2) is 75.9 Å². The lowest BCUT2D eigenvalue weighted by Gasteiger charge is -2.38. The third-order valence-corrected chi connectivity index (χ3v) is 8.82. The number of carbonyl (C=O) groups is 1. The molecular weight excluding hydrogens is 556 g/mol. The number of halogens is 1. The van der Waals surface area contributed by atoms with Crippen LogP contribution in [0.1, 0.15) is 30.7 Å². The van der Waals surface area contributed by atoms with Crippen LogP contribution in [0.5, 0.6) is 11.5 Å². The number of ether oxygens (including phenoxy) is 1. The number of likely N-dealkylation sites (tertiary alicyclic amines) is 1. The largest absolute Gasteiger partial charge is 0.507 e. The summed E-state index contributed by atoms with van der Waals surface area (Å²) in [6.45, 7) is 2.66. The van der Waals surface area contributed by atoms with Gasteiger partial charge in [0.2, 0.25) is 0 Å². The molecule has 0 spiro atoms. The second-order valence-electron chi connectivity index (χ2n) is 11.2. The van der Waals surface area contributed by atoms with Crippen molar-refractivity contribution in [3.8, 4) is 22.8 Å². The van der Waals surface area contributed by atoms with Gasteiger partial charge >= 0.3 is 5.97 Å². The van der Waals surface area contributed by atoms with Crippen LogP contribution in [0, 0.1) is 5.92 Å². The van der Waals surface area contributed by atoms with Crippen LogP contribution in [-0.4, -0.2) is 60.4 Å². The number of benzene rings is 3. The molecule has 0 amide bonds. The third kappa shape index (κ3) is 5.44. The number of fused-ring (bicyclic) bond motifs is 1. The van der Waals surface area contributed by atoms with Gasteiger partial charge < -0.3 is 29.2 Å². The second-order valence-corrected chi connectivity index (χ2v) is 11.6. The zero-order chi connectivity index (χ0) is 29.4. The molecule has 0 saturated carbocycles. The highest BCUT2D eigenvalue weighted by Gasteiger charge is 2.38. The van der Waals surface area contributed by atoms with Gasteiger partial charge in [-0.1, -0.05) is 41.9 Å². The second kappa shape index (κ2) is 11.7. The lowest BCUT2D eigenvalue weighted by Crippen LogP contribution is -2.45. The number of para-hydroxylation sites is 1. The number of phenols is 2. The van der Waals surface area contributed by atoms with Crippen molar-refractivity contribution in [2.24, 2.45) is 5.92 Å². The highest BCUT2D eigenvalue weighted by Crippen LogP contribution is 2.44. The number of nitrogens with zero attached hydrogens (tertiary/aromatic N) is 2. The minimum atomic E-state index is -0.587. The van der Waals surface area contributed by atoms with Crippen LogP contribution in [0.4, 0.5) is 5.69 Å². The first-order valence-corrected chi connectivity index (χ1v) is 14.6. The Bertz CT molecular complexity index is 1660. The summed E-state index contributed by atoms with van der Waals surface area (Å²) in [4.78, 5) is 31.1. The minimum absolute atomic E-state index is 0.0316. The predicted octanol–water partition coefficient (Wildman–Crippen LogP) is 5.77. The van der Waals surface area contributed by atoms with Crippen LogP contribution >= 0.6 is 11.6 Å². The molecular formula is C33H33ClN2O6. The molecule has 6 rings (SSSR count). The number of hydrogen-bond acceptors (Lipinski definition) is 8. The van der Waals surface area contributed by atoms with E-state index in [1.165, 1.54) is 12.1 Å². The molecule has 2 aliphatic rings. The van der Waals surface area contributed by atoms with E-state index in [0.717, 1.165) is 18.8 Å². The molecule has 4 aromatic rings. The van der Waals surface area contributed by atoms with Crippen LogP contribution in [-0.2, 0) is 9.53 Å². The van der Waals surface area contributed by atoms with Crippen LogP contribution < -0.4 is 10.3 Å². The lowest BCUT2D eigenvalue weighted by atomic mass is 9.85. The van der Waals surface area contributed by atoms with Gasteiger partial charge in [0.05, 0.1) is 10.9 Å². The number of carbonyl (C=O) groups excluding carboxylic acids is 1.